The summed E-state index contributed by atoms with van der Waals surface area (Å²) in [7, 11) is -3.21. The van der Waals surface area contributed by atoms with Crippen molar-refractivity contribution < 1.29 is 13.2 Å². The Hall–Kier alpha value is -0.750. The van der Waals surface area contributed by atoms with Crippen molar-refractivity contribution in [2.45, 2.75) is 12.5 Å². The Morgan fingerprint density at radius 1 is 1.56 bits per heavy atom. The topological polar surface area (TPSA) is 55.4 Å². The largest absolute Gasteiger partial charge is 0.489 e. The number of halogens is 1. The summed E-state index contributed by atoms with van der Waals surface area (Å²) in [6.07, 6.45) is 2.08. The molecule has 1 atom stereocenters. The maximum Gasteiger partial charge on any atom is 0.229 e. The van der Waals surface area contributed by atoms with Crippen molar-refractivity contribution in [2.75, 3.05) is 16.3 Å². The zero-order valence-corrected chi connectivity index (χ0v) is 11.1. The summed E-state index contributed by atoms with van der Waals surface area (Å²) in [5.74, 6) is 0.837. The third-order valence-electron chi connectivity index (χ3n) is 2.28. The second-order valence-corrected chi connectivity index (χ2v) is 6.19. The van der Waals surface area contributed by atoms with Crippen LogP contribution in [-0.2, 0) is 16.4 Å². The van der Waals surface area contributed by atoms with Gasteiger partial charge in [-0.3, -0.25) is 4.72 Å². The van der Waals surface area contributed by atoms with Crippen LogP contribution in [0.4, 0.5) is 5.69 Å². The molecule has 1 aliphatic heterocycles. The van der Waals surface area contributed by atoms with Gasteiger partial charge in [-0.1, -0.05) is 15.9 Å². The number of benzene rings is 1. The van der Waals surface area contributed by atoms with Gasteiger partial charge < -0.3 is 4.74 Å². The van der Waals surface area contributed by atoms with Gasteiger partial charge in [0.2, 0.25) is 10.0 Å². The van der Waals surface area contributed by atoms with Gasteiger partial charge in [-0.05, 0) is 23.8 Å². The van der Waals surface area contributed by atoms with Crippen LogP contribution in [0.25, 0.3) is 0 Å². The Bertz CT molecular complexity index is 501. The first-order valence-corrected chi connectivity index (χ1v) is 7.82. The first kappa shape index (κ1) is 11.7. The molecule has 2 rings (SSSR count). The Kier molecular flexibility index (Phi) is 3.12. The number of alkyl halides is 1. The first-order valence-electron chi connectivity index (χ1n) is 4.81. The molecule has 0 spiro atoms. The van der Waals surface area contributed by atoms with Gasteiger partial charge in [0, 0.05) is 17.4 Å². The number of hydrogen-bond acceptors (Lipinski definition) is 3. The van der Waals surface area contributed by atoms with Crippen LogP contribution in [0.1, 0.15) is 5.56 Å². The number of sulfonamides is 1. The van der Waals surface area contributed by atoms with Gasteiger partial charge in [-0.15, -0.1) is 0 Å². The molecule has 1 heterocycles. The SMILES string of the molecule is CS(=O)(=O)Nc1ccc2c(c1)CC(CBr)O2. The molecule has 0 saturated heterocycles. The summed E-state index contributed by atoms with van der Waals surface area (Å²) >= 11 is 3.37. The van der Waals surface area contributed by atoms with Gasteiger partial charge in [-0.2, -0.15) is 0 Å². The maximum absolute atomic E-state index is 11.1. The zero-order chi connectivity index (χ0) is 11.8. The Morgan fingerprint density at radius 2 is 2.31 bits per heavy atom. The fraction of sp³-hybridized carbons (Fsp3) is 0.400. The average molecular weight is 306 g/mol. The smallest absolute Gasteiger partial charge is 0.229 e. The van der Waals surface area contributed by atoms with Crippen LogP contribution in [-0.4, -0.2) is 26.1 Å². The summed E-state index contributed by atoms with van der Waals surface area (Å²) in [4.78, 5) is 0. The highest BCUT2D eigenvalue weighted by Crippen LogP contribution is 2.31. The van der Waals surface area contributed by atoms with Gasteiger partial charge in [0.05, 0.1) is 6.26 Å². The lowest BCUT2D eigenvalue weighted by atomic mass is 10.1. The number of ether oxygens (including phenoxy) is 1. The minimum Gasteiger partial charge on any atom is -0.489 e. The number of fused-ring (bicyclic) bond motifs is 1. The zero-order valence-electron chi connectivity index (χ0n) is 8.73. The minimum absolute atomic E-state index is 0.142. The summed E-state index contributed by atoms with van der Waals surface area (Å²) in [5.41, 5.74) is 1.62. The molecule has 0 saturated carbocycles. The quantitative estimate of drug-likeness (QED) is 0.866. The molecule has 1 unspecified atom stereocenters. The second kappa shape index (κ2) is 4.25. The van der Waals surface area contributed by atoms with Crippen molar-refractivity contribution in [3.63, 3.8) is 0 Å². The van der Waals surface area contributed by atoms with Crippen molar-refractivity contribution in [1.29, 1.82) is 0 Å². The molecular weight excluding hydrogens is 294 g/mol. The average Bonchev–Trinajstić information content (AvgIpc) is 2.57. The molecule has 4 nitrogen and oxygen atoms in total. The minimum atomic E-state index is -3.21. The van der Waals surface area contributed by atoms with Gasteiger partial charge in [-0.25, -0.2) is 8.42 Å². The fourth-order valence-corrected chi connectivity index (χ4v) is 2.60. The van der Waals surface area contributed by atoms with E-state index in [0.29, 0.717) is 5.69 Å². The molecule has 0 radical (unpaired) electrons. The van der Waals surface area contributed by atoms with Crippen molar-refractivity contribution in [3.8, 4) is 5.75 Å². The number of anilines is 1. The molecule has 0 fully saturated rings. The van der Waals surface area contributed by atoms with Crippen LogP contribution in [0.3, 0.4) is 0 Å². The summed E-state index contributed by atoms with van der Waals surface area (Å²) in [5, 5.41) is 0.774. The number of hydrogen-bond donors (Lipinski definition) is 1. The normalized spacial score (nSPS) is 19.0. The van der Waals surface area contributed by atoms with Crippen LogP contribution < -0.4 is 9.46 Å². The number of nitrogens with one attached hydrogen (secondary N) is 1. The Morgan fingerprint density at radius 3 is 2.94 bits per heavy atom. The second-order valence-electron chi connectivity index (χ2n) is 3.80. The summed E-state index contributed by atoms with van der Waals surface area (Å²) in [6, 6.07) is 5.32. The van der Waals surface area contributed by atoms with E-state index in [9.17, 15) is 8.42 Å². The van der Waals surface area contributed by atoms with Gasteiger partial charge in [0.15, 0.2) is 0 Å². The maximum atomic E-state index is 11.1. The highest BCUT2D eigenvalue weighted by molar-refractivity contribution is 9.09. The standard InChI is InChI=1S/C10H12BrNO3S/c1-16(13,14)12-8-2-3-10-7(4-8)5-9(6-11)15-10/h2-4,9,12H,5-6H2,1H3. The van der Waals surface area contributed by atoms with E-state index in [1.54, 1.807) is 12.1 Å². The predicted octanol–water partition coefficient (Wildman–Crippen LogP) is 1.76. The lowest BCUT2D eigenvalue weighted by Crippen LogP contribution is -2.13. The molecule has 0 aliphatic carbocycles. The molecule has 1 N–H and O–H groups in total. The van der Waals surface area contributed by atoms with Crippen LogP contribution in [0.15, 0.2) is 18.2 Å². The third-order valence-corrected chi connectivity index (χ3v) is 3.61. The van der Waals surface area contributed by atoms with Crippen molar-refractivity contribution in [1.82, 2.24) is 0 Å². The molecule has 88 valence electrons. The van der Waals surface area contributed by atoms with Gasteiger partial charge >= 0.3 is 0 Å². The summed E-state index contributed by atoms with van der Waals surface area (Å²) < 4.78 is 30.2. The van der Waals surface area contributed by atoms with Gasteiger partial charge in [0.25, 0.3) is 0 Å². The molecule has 6 heteroatoms. The predicted molar refractivity (Wildman–Crippen MR) is 66.8 cm³/mol. The lowest BCUT2D eigenvalue weighted by Gasteiger charge is -2.06. The molecule has 1 aliphatic rings. The highest BCUT2D eigenvalue weighted by atomic mass is 79.9. The molecule has 1 aromatic carbocycles. The van der Waals surface area contributed by atoms with Crippen LogP contribution >= 0.6 is 15.9 Å². The Labute approximate surface area is 103 Å². The van der Waals surface area contributed by atoms with Crippen LogP contribution in [0, 0.1) is 0 Å². The molecule has 16 heavy (non-hydrogen) atoms. The van der Waals surface area contributed by atoms with E-state index in [0.717, 1.165) is 29.3 Å². The summed E-state index contributed by atoms with van der Waals surface area (Å²) in [6.45, 7) is 0. The van der Waals surface area contributed by atoms with Crippen molar-refractivity contribution in [3.05, 3.63) is 23.8 Å². The molecule has 0 amide bonds. The van der Waals surface area contributed by atoms with E-state index >= 15 is 0 Å². The van der Waals surface area contributed by atoms with Crippen molar-refractivity contribution >= 4 is 31.6 Å². The number of rotatable bonds is 3. The van der Waals surface area contributed by atoms with E-state index in [2.05, 4.69) is 20.7 Å². The molecular formula is C10H12BrNO3S. The van der Waals surface area contributed by atoms with Gasteiger partial charge in [0.1, 0.15) is 11.9 Å². The third kappa shape index (κ3) is 2.68. The van der Waals surface area contributed by atoms with E-state index in [1.807, 2.05) is 6.07 Å². The van der Waals surface area contributed by atoms with E-state index < -0.39 is 10.0 Å². The molecule has 0 bridgehead atoms. The molecule has 0 aromatic heterocycles. The van der Waals surface area contributed by atoms with Crippen molar-refractivity contribution in [2.24, 2.45) is 0 Å². The molecule has 1 aromatic rings. The monoisotopic (exact) mass is 305 g/mol. The van der Waals surface area contributed by atoms with Crippen LogP contribution in [0.2, 0.25) is 0 Å². The lowest BCUT2D eigenvalue weighted by molar-refractivity contribution is 0.260. The first-order chi connectivity index (χ1) is 7.48. The fourth-order valence-electron chi connectivity index (χ4n) is 1.68. The van der Waals surface area contributed by atoms with Crippen LogP contribution in [0.5, 0.6) is 5.75 Å². The highest BCUT2D eigenvalue weighted by Gasteiger charge is 2.22. The van der Waals surface area contributed by atoms with E-state index in [-0.39, 0.29) is 6.10 Å². The van der Waals surface area contributed by atoms with E-state index in [4.69, 9.17) is 4.74 Å². The Balaban J connectivity index is 2.22. The van der Waals surface area contributed by atoms with E-state index in [1.165, 1.54) is 0 Å².